The molecule has 2 rings (SSSR count). The Hall–Kier alpha value is -1.60. The molecule has 0 aromatic heterocycles. The van der Waals surface area contributed by atoms with Gasteiger partial charge < -0.3 is 10.6 Å². The topological polar surface area (TPSA) is 41.1 Å². The van der Waals surface area contributed by atoms with Gasteiger partial charge in [0.2, 0.25) is 5.91 Å². The fraction of sp³-hybridized carbons (Fsp3) is 0.357. The maximum absolute atomic E-state index is 11.9. The lowest BCUT2D eigenvalue weighted by molar-refractivity contribution is -0.121. The number of terminal acetylenes is 1. The van der Waals surface area contributed by atoms with Crippen LogP contribution in [-0.4, -0.2) is 30.0 Å². The Bertz CT molecular complexity index is 442. The van der Waals surface area contributed by atoms with Gasteiger partial charge in [-0.15, -0.1) is 18.2 Å². The van der Waals surface area contributed by atoms with E-state index in [1.165, 1.54) is 5.56 Å². The standard InChI is InChI=1S/C14H16N2OS/c1-2-8-18-9-7-15-14(17)13-10-11-5-3-4-6-12(11)16-13/h1,3-6,13,16H,7-10H2,(H,15,17). The largest absolute Gasteiger partial charge is 0.373 e. The summed E-state index contributed by atoms with van der Waals surface area (Å²) in [5.41, 5.74) is 2.28. The first-order valence-corrected chi connectivity index (χ1v) is 7.10. The van der Waals surface area contributed by atoms with Gasteiger partial charge in [-0.1, -0.05) is 24.1 Å². The second-order valence-electron chi connectivity index (χ2n) is 4.11. The van der Waals surface area contributed by atoms with Crippen LogP contribution in [0.4, 0.5) is 5.69 Å². The number of carbonyl (C=O) groups excluding carboxylic acids is 1. The fourth-order valence-electron chi connectivity index (χ4n) is 1.96. The SMILES string of the molecule is C#CCSCCNC(=O)C1Cc2ccccc2N1. The molecule has 0 aliphatic carbocycles. The third-order valence-corrected chi connectivity index (χ3v) is 3.68. The highest BCUT2D eigenvalue weighted by Crippen LogP contribution is 2.24. The van der Waals surface area contributed by atoms with Crippen LogP contribution in [0.5, 0.6) is 0 Å². The number of benzene rings is 1. The van der Waals surface area contributed by atoms with E-state index in [1.807, 2.05) is 18.2 Å². The second kappa shape index (κ2) is 6.36. The summed E-state index contributed by atoms with van der Waals surface area (Å²) in [7, 11) is 0. The highest BCUT2D eigenvalue weighted by Gasteiger charge is 2.25. The zero-order valence-corrected chi connectivity index (χ0v) is 10.9. The lowest BCUT2D eigenvalue weighted by Crippen LogP contribution is -2.39. The van der Waals surface area contributed by atoms with E-state index in [1.54, 1.807) is 11.8 Å². The molecule has 1 heterocycles. The molecule has 1 amide bonds. The number of anilines is 1. The molecule has 0 saturated carbocycles. The summed E-state index contributed by atoms with van der Waals surface area (Å²) in [5, 5.41) is 6.16. The summed E-state index contributed by atoms with van der Waals surface area (Å²) in [5.74, 6) is 4.18. The molecule has 94 valence electrons. The van der Waals surface area contributed by atoms with Crippen LogP contribution in [0.2, 0.25) is 0 Å². The van der Waals surface area contributed by atoms with E-state index in [4.69, 9.17) is 6.42 Å². The van der Waals surface area contributed by atoms with Crippen molar-refractivity contribution >= 4 is 23.4 Å². The highest BCUT2D eigenvalue weighted by molar-refractivity contribution is 7.99. The molecule has 0 bridgehead atoms. The zero-order valence-electron chi connectivity index (χ0n) is 10.1. The van der Waals surface area contributed by atoms with Crippen LogP contribution in [-0.2, 0) is 11.2 Å². The van der Waals surface area contributed by atoms with Gasteiger partial charge in [0.15, 0.2) is 0 Å². The van der Waals surface area contributed by atoms with E-state index in [2.05, 4.69) is 22.6 Å². The lowest BCUT2D eigenvalue weighted by atomic mass is 10.1. The molecule has 1 aromatic carbocycles. The minimum absolute atomic E-state index is 0.0625. The number of thioether (sulfide) groups is 1. The number of hydrogen-bond donors (Lipinski definition) is 2. The summed E-state index contributed by atoms with van der Waals surface area (Å²) in [4.78, 5) is 11.9. The van der Waals surface area contributed by atoms with Crippen molar-refractivity contribution in [3.8, 4) is 12.3 Å². The van der Waals surface area contributed by atoms with E-state index in [-0.39, 0.29) is 11.9 Å². The molecule has 4 heteroatoms. The van der Waals surface area contributed by atoms with Crippen molar-refractivity contribution in [1.82, 2.24) is 5.32 Å². The Morgan fingerprint density at radius 2 is 2.39 bits per heavy atom. The van der Waals surface area contributed by atoms with Crippen molar-refractivity contribution in [2.45, 2.75) is 12.5 Å². The number of nitrogens with one attached hydrogen (secondary N) is 2. The predicted octanol–water partition coefficient (Wildman–Crippen LogP) is 1.51. The van der Waals surface area contributed by atoms with E-state index >= 15 is 0 Å². The molecule has 1 aliphatic heterocycles. The van der Waals surface area contributed by atoms with Gasteiger partial charge in [0.25, 0.3) is 0 Å². The number of amides is 1. The van der Waals surface area contributed by atoms with Crippen molar-refractivity contribution in [2.75, 3.05) is 23.4 Å². The number of hydrogen-bond acceptors (Lipinski definition) is 3. The smallest absolute Gasteiger partial charge is 0.242 e. The normalized spacial score (nSPS) is 16.5. The molecule has 1 unspecified atom stereocenters. The molecule has 1 atom stereocenters. The molecule has 1 aliphatic rings. The van der Waals surface area contributed by atoms with Crippen LogP contribution in [0, 0.1) is 12.3 Å². The van der Waals surface area contributed by atoms with Gasteiger partial charge in [-0.2, -0.15) is 0 Å². The monoisotopic (exact) mass is 260 g/mol. The molecule has 0 spiro atoms. The third kappa shape index (κ3) is 3.21. The second-order valence-corrected chi connectivity index (χ2v) is 5.21. The molecule has 3 nitrogen and oxygen atoms in total. The first kappa shape index (κ1) is 12.8. The lowest BCUT2D eigenvalue weighted by Gasteiger charge is -2.11. The maximum Gasteiger partial charge on any atom is 0.242 e. The van der Waals surface area contributed by atoms with Crippen LogP contribution in [0.25, 0.3) is 0 Å². The van der Waals surface area contributed by atoms with Gasteiger partial charge in [0.05, 0.1) is 5.75 Å². The molecule has 0 saturated heterocycles. The van der Waals surface area contributed by atoms with Crippen molar-refractivity contribution in [3.05, 3.63) is 29.8 Å². The third-order valence-electron chi connectivity index (χ3n) is 2.82. The number of fused-ring (bicyclic) bond motifs is 1. The Balaban J connectivity index is 1.74. The summed E-state index contributed by atoms with van der Waals surface area (Å²) in [6.07, 6.45) is 5.91. The van der Waals surface area contributed by atoms with E-state index in [9.17, 15) is 4.79 Å². The molecular weight excluding hydrogens is 244 g/mol. The van der Waals surface area contributed by atoms with Crippen LogP contribution >= 0.6 is 11.8 Å². The summed E-state index contributed by atoms with van der Waals surface area (Å²) < 4.78 is 0. The van der Waals surface area contributed by atoms with Crippen molar-refractivity contribution in [1.29, 1.82) is 0 Å². The molecule has 18 heavy (non-hydrogen) atoms. The Morgan fingerprint density at radius 3 is 3.17 bits per heavy atom. The van der Waals surface area contributed by atoms with E-state index in [0.717, 1.165) is 17.9 Å². The summed E-state index contributed by atoms with van der Waals surface area (Å²) >= 11 is 1.65. The number of carbonyl (C=O) groups is 1. The van der Waals surface area contributed by atoms with Gasteiger partial charge in [0.1, 0.15) is 6.04 Å². The van der Waals surface area contributed by atoms with Crippen LogP contribution in [0.1, 0.15) is 5.56 Å². The van der Waals surface area contributed by atoms with Crippen molar-refractivity contribution in [3.63, 3.8) is 0 Å². The van der Waals surface area contributed by atoms with Crippen LogP contribution in [0.15, 0.2) is 24.3 Å². The van der Waals surface area contributed by atoms with Crippen molar-refractivity contribution < 1.29 is 4.79 Å². The quantitative estimate of drug-likeness (QED) is 0.623. The number of para-hydroxylation sites is 1. The average molecular weight is 260 g/mol. The van der Waals surface area contributed by atoms with E-state index < -0.39 is 0 Å². The fourth-order valence-corrected chi connectivity index (χ4v) is 2.47. The highest BCUT2D eigenvalue weighted by atomic mass is 32.2. The first-order valence-electron chi connectivity index (χ1n) is 5.94. The molecule has 0 fully saturated rings. The van der Waals surface area contributed by atoms with E-state index in [0.29, 0.717) is 12.3 Å². The predicted molar refractivity (Wildman–Crippen MR) is 76.7 cm³/mol. The van der Waals surface area contributed by atoms with Gasteiger partial charge in [-0.25, -0.2) is 0 Å². The van der Waals surface area contributed by atoms with Crippen molar-refractivity contribution in [2.24, 2.45) is 0 Å². The Kier molecular flexibility index (Phi) is 4.54. The molecule has 2 N–H and O–H groups in total. The number of rotatable bonds is 5. The van der Waals surface area contributed by atoms with Gasteiger partial charge in [-0.3, -0.25) is 4.79 Å². The molecular formula is C14H16N2OS. The molecule has 1 aromatic rings. The average Bonchev–Trinajstić information content (AvgIpc) is 2.82. The maximum atomic E-state index is 11.9. The van der Waals surface area contributed by atoms with Gasteiger partial charge >= 0.3 is 0 Å². The van der Waals surface area contributed by atoms with Gasteiger partial charge in [-0.05, 0) is 11.6 Å². The first-order chi connectivity index (χ1) is 8.81. The zero-order chi connectivity index (χ0) is 12.8. The molecule has 0 radical (unpaired) electrons. The van der Waals surface area contributed by atoms with Gasteiger partial charge in [0, 0.05) is 24.4 Å². The van der Waals surface area contributed by atoms with Crippen LogP contribution in [0.3, 0.4) is 0 Å². The van der Waals surface area contributed by atoms with Crippen LogP contribution < -0.4 is 10.6 Å². The Morgan fingerprint density at radius 1 is 1.56 bits per heavy atom. The summed E-state index contributed by atoms with van der Waals surface area (Å²) in [6.45, 7) is 0.666. The summed E-state index contributed by atoms with van der Waals surface area (Å²) in [6, 6.07) is 7.89. The minimum atomic E-state index is -0.139. The minimum Gasteiger partial charge on any atom is -0.373 e. The Labute approximate surface area is 112 Å².